The Hall–Kier alpha value is -1.59. The van der Waals surface area contributed by atoms with Crippen LogP contribution in [-0.4, -0.2) is 32.8 Å². The lowest BCUT2D eigenvalue weighted by Crippen LogP contribution is -2.70. The minimum atomic E-state index is -0.501. The quantitative estimate of drug-likeness (QED) is 0.796. The Labute approximate surface area is 124 Å². The lowest BCUT2D eigenvalue weighted by Gasteiger charge is -2.60. The lowest BCUT2D eigenvalue weighted by atomic mass is 9.64. The van der Waals surface area contributed by atoms with E-state index in [9.17, 15) is 4.79 Å². The van der Waals surface area contributed by atoms with Gasteiger partial charge in [-0.3, -0.25) is 4.90 Å². The normalized spacial score (nSPS) is 31.8. The first-order chi connectivity index (χ1) is 9.71. The summed E-state index contributed by atoms with van der Waals surface area (Å²) in [6.07, 6.45) is 2.47. The van der Waals surface area contributed by atoms with Gasteiger partial charge in [-0.05, 0) is 39.5 Å². The standard InChI is InChI=1S/C15H23N3O3/c1-9-6-11-8-15(7-9,12-17-16-10(2)20-12)18(11)13(19)21-14(3,4)5/h9,11H,6-8H2,1-5H3/t9-,11-,15?/m1/s1. The molecule has 3 aliphatic rings. The zero-order chi connectivity index (χ0) is 15.4. The molecule has 3 fully saturated rings. The molecule has 4 rings (SSSR count). The van der Waals surface area contributed by atoms with Crippen LogP contribution >= 0.6 is 0 Å². The molecule has 1 aliphatic carbocycles. The van der Waals surface area contributed by atoms with Gasteiger partial charge in [0.15, 0.2) is 0 Å². The molecule has 0 N–H and O–H groups in total. The number of rotatable bonds is 1. The average Bonchev–Trinajstić information content (AvgIpc) is 2.72. The van der Waals surface area contributed by atoms with Crippen molar-refractivity contribution in [3.05, 3.63) is 11.8 Å². The van der Waals surface area contributed by atoms with Gasteiger partial charge in [0.25, 0.3) is 0 Å². The molecular formula is C15H23N3O3. The number of aryl methyl sites for hydroxylation is 1. The minimum absolute atomic E-state index is 0.218. The molecule has 21 heavy (non-hydrogen) atoms. The summed E-state index contributed by atoms with van der Waals surface area (Å²) in [5, 5.41) is 8.11. The maximum Gasteiger partial charge on any atom is 0.411 e. The van der Waals surface area contributed by atoms with Gasteiger partial charge in [-0.25, -0.2) is 4.79 Å². The first-order valence-corrected chi connectivity index (χ1v) is 7.54. The molecule has 6 heteroatoms. The molecular weight excluding hydrogens is 270 g/mol. The van der Waals surface area contributed by atoms with Gasteiger partial charge in [0.05, 0.1) is 0 Å². The van der Waals surface area contributed by atoms with Gasteiger partial charge >= 0.3 is 6.09 Å². The second-order valence-electron chi connectivity index (χ2n) is 7.41. The zero-order valence-electron chi connectivity index (χ0n) is 13.3. The maximum absolute atomic E-state index is 12.6. The number of fused-ring (bicyclic) bond motifs is 2. The number of amides is 1. The van der Waals surface area contributed by atoms with Gasteiger partial charge in [-0.15, -0.1) is 10.2 Å². The number of nitrogens with zero attached hydrogens (tertiary/aromatic N) is 3. The highest BCUT2D eigenvalue weighted by atomic mass is 16.6. The van der Waals surface area contributed by atoms with Crippen molar-refractivity contribution in [1.82, 2.24) is 15.1 Å². The predicted molar refractivity (Wildman–Crippen MR) is 75.6 cm³/mol. The van der Waals surface area contributed by atoms with E-state index in [4.69, 9.17) is 9.15 Å². The van der Waals surface area contributed by atoms with Crippen LogP contribution in [0.1, 0.15) is 58.7 Å². The average molecular weight is 293 g/mol. The van der Waals surface area contributed by atoms with E-state index in [0.717, 1.165) is 19.3 Å². The Kier molecular flexibility index (Phi) is 3.04. The molecule has 3 heterocycles. The van der Waals surface area contributed by atoms with Crippen molar-refractivity contribution >= 4 is 6.09 Å². The van der Waals surface area contributed by atoms with Crippen molar-refractivity contribution in [1.29, 1.82) is 0 Å². The van der Waals surface area contributed by atoms with Crippen LogP contribution in [0.2, 0.25) is 0 Å². The summed E-state index contributed by atoms with van der Waals surface area (Å²) in [4.78, 5) is 14.4. The van der Waals surface area contributed by atoms with Crippen LogP contribution < -0.4 is 0 Å². The minimum Gasteiger partial charge on any atom is -0.444 e. The Morgan fingerprint density at radius 2 is 2.10 bits per heavy atom. The van der Waals surface area contributed by atoms with E-state index in [1.807, 2.05) is 25.7 Å². The number of hydrogen-bond donors (Lipinski definition) is 0. The van der Waals surface area contributed by atoms with Crippen molar-refractivity contribution in [2.24, 2.45) is 5.92 Å². The molecule has 2 aliphatic heterocycles. The van der Waals surface area contributed by atoms with E-state index in [1.165, 1.54) is 0 Å². The molecule has 6 nitrogen and oxygen atoms in total. The molecule has 0 aromatic carbocycles. The van der Waals surface area contributed by atoms with Gasteiger partial charge in [0, 0.05) is 19.4 Å². The number of aromatic nitrogens is 2. The van der Waals surface area contributed by atoms with E-state index in [0.29, 0.717) is 17.7 Å². The Morgan fingerprint density at radius 3 is 2.67 bits per heavy atom. The molecule has 1 amide bonds. The van der Waals surface area contributed by atoms with E-state index < -0.39 is 11.1 Å². The van der Waals surface area contributed by atoms with Crippen LogP contribution in [0, 0.1) is 12.8 Å². The molecule has 1 aromatic heterocycles. The number of ether oxygens (including phenoxy) is 1. The molecule has 2 saturated heterocycles. The molecule has 0 radical (unpaired) electrons. The fourth-order valence-corrected chi connectivity index (χ4v) is 3.71. The van der Waals surface area contributed by atoms with Crippen molar-refractivity contribution in [2.45, 2.75) is 71.1 Å². The summed E-state index contributed by atoms with van der Waals surface area (Å²) in [6, 6.07) is 0.218. The first kappa shape index (κ1) is 14.4. The molecule has 1 aromatic rings. The van der Waals surface area contributed by atoms with Crippen LogP contribution in [0.3, 0.4) is 0 Å². The van der Waals surface area contributed by atoms with Crippen LogP contribution in [0.25, 0.3) is 0 Å². The van der Waals surface area contributed by atoms with Gasteiger partial charge in [0.2, 0.25) is 11.8 Å². The number of carbonyl (C=O) groups is 1. The third-order valence-corrected chi connectivity index (χ3v) is 4.27. The van der Waals surface area contributed by atoms with E-state index in [2.05, 4.69) is 17.1 Å². The van der Waals surface area contributed by atoms with E-state index >= 15 is 0 Å². The highest BCUT2D eigenvalue weighted by Crippen LogP contribution is 2.55. The lowest BCUT2D eigenvalue weighted by molar-refractivity contribution is -0.139. The van der Waals surface area contributed by atoms with Crippen LogP contribution in [0.4, 0.5) is 4.79 Å². The molecule has 3 atom stereocenters. The van der Waals surface area contributed by atoms with Crippen LogP contribution in [0.5, 0.6) is 0 Å². The largest absolute Gasteiger partial charge is 0.444 e. The fourth-order valence-electron chi connectivity index (χ4n) is 3.71. The van der Waals surface area contributed by atoms with Gasteiger partial charge in [-0.1, -0.05) is 6.92 Å². The Balaban J connectivity index is 1.91. The third kappa shape index (κ3) is 2.30. The monoisotopic (exact) mass is 293 g/mol. The summed E-state index contributed by atoms with van der Waals surface area (Å²) < 4.78 is 11.2. The summed E-state index contributed by atoms with van der Waals surface area (Å²) in [7, 11) is 0. The fraction of sp³-hybridized carbons (Fsp3) is 0.800. The third-order valence-electron chi connectivity index (χ3n) is 4.27. The van der Waals surface area contributed by atoms with Crippen LogP contribution in [-0.2, 0) is 10.3 Å². The van der Waals surface area contributed by atoms with Crippen molar-refractivity contribution in [3.63, 3.8) is 0 Å². The van der Waals surface area contributed by atoms with Gasteiger partial charge in [-0.2, -0.15) is 0 Å². The molecule has 2 bridgehead atoms. The highest BCUT2D eigenvalue weighted by molar-refractivity contribution is 5.71. The Morgan fingerprint density at radius 1 is 1.38 bits per heavy atom. The molecule has 1 unspecified atom stereocenters. The Bertz CT molecular complexity index is 563. The first-order valence-electron chi connectivity index (χ1n) is 7.54. The summed E-state index contributed by atoms with van der Waals surface area (Å²) in [5.74, 6) is 1.62. The summed E-state index contributed by atoms with van der Waals surface area (Å²) >= 11 is 0. The second kappa shape index (κ2) is 4.45. The SMILES string of the molecule is Cc1nnc(C23C[C@H](C)C[C@H](C2)N3C(=O)OC(C)(C)C)o1. The number of carbonyl (C=O) groups excluding carboxylic acids is 1. The van der Waals surface area contributed by atoms with Gasteiger partial charge < -0.3 is 9.15 Å². The van der Waals surface area contributed by atoms with Crippen molar-refractivity contribution < 1.29 is 13.9 Å². The smallest absolute Gasteiger partial charge is 0.411 e. The van der Waals surface area contributed by atoms with Gasteiger partial charge in [0.1, 0.15) is 11.1 Å². The topological polar surface area (TPSA) is 68.5 Å². The molecule has 1 saturated carbocycles. The summed E-state index contributed by atoms with van der Waals surface area (Å²) in [5.41, 5.74) is -0.968. The van der Waals surface area contributed by atoms with Crippen molar-refractivity contribution in [2.75, 3.05) is 0 Å². The molecule has 116 valence electrons. The van der Waals surface area contributed by atoms with E-state index in [1.54, 1.807) is 6.92 Å². The predicted octanol–water partition coefficient (Wildman–Crippen LogP) is 3.01. The van der Waals surface area contributed by atoms with Crippen molar-refractivity contribution in [3.8, 4) is 0 Å². The summed E-state index contributed by atoms with van der Waals surface area (Å²) in [6.45, 7) is 9.62. The molecule has 0 spiro atoms. The number of hydrogen-bond acceptors (Lipinski definition) is 5. The zero-order valence-corrected chi connectivity index (χ0v) is 13.3. The van der Waals surface area contributed by atoms with E-state index in [-0.39, 0.29) is 12.1 Å². The second-order valence-corrected chi connectivity index (χ2v) is 7.41. The highest BCUT2D eigenvalue weighted by Gasteiger charge is 2.63. The van der Waals surface area contributed by atoms with Crippen LogP contribution in [0.15, 0.2) is 4.42 Å². The maximum atomic E-state index is 12.6. The number of piperidine rings is 1.